The molecule has 0 amide bonds. The van der Waals surface area contributed by atoms with Crippen LogP contribution in [-0.2, 0) is 6.54 Å². The Morgan fingerprint density at radius 3 is 1.47 bits per heavy atom. The summed E-state index contributed by atoms with van der Waals surface area (Å²) < 4.78 is 2.33. The van der Waals surface area contributed by atoms with Gasteiger partial charge in [0.1, 0.15) is 6.54 Å². The highest BCUT2D eigenvalue weighted by molar-refractivity contribution is 5.70. The van der Waals surface area contributed by atoms with E-state index in [4.69, 9.17) is 0 Å². The molecule has 1 aromatic carbocycles. The first-order chi connectivity index (χ1) is 17.8. The Bertz CT molecular complexity index is 783. The van der Waals surface area contributed by atoms with E-state index in [2.05, 4.69) is 91.2 Å². The van der Waals surface area contributed by atoms with Crippen molar-refractivity contribution in [2.24, 2.45) is 0 Å². The smallest absolute Gasteiger partial charge is 0.169 e. The number of nitrogens with zero attached hydrogens (tertiary/aromatic N) is 2. The molecular weight excluding hydrogens is 436 g/mol. The van der Waals surface area contributed by atoms with Gasteiger partial charge < -0.3 is 4.90 Å². The van der Waals surface area contributed by atoms with Gasteiger partial charge in [-0.15, -0.1) is 0 Å². The summed E-state index contributed by atoms with van der Waals surface area (Å²) in [6.07, 6.45) is 29.4. The van der Waals surface area contributed by atoms with Crippen molar-refractivity contribution in [1.82, 2.24) is 0 Å². The quantitative estimate of drug-likeness (QED) is 0.124. The van der Waals surface area contributed by atoms with Gasteiger partial charge in [0.15, 0.2) is 12.4 Å². The van der Waals surface area contributed by atoms with Crippen LogP contribution in [0.15, 0.2) is 48.8 Å². The Morgan fingerprint density at radius 1 is 0.528 bits per heavy atom. The van der Waals surface area contributed by atoms with E-state index in [0.29, 0.717) is 0 Å². The van der Waals surface area contributed by atoms with E-state index in [9.17, 15) is 0 Å². The number of aromatic nitrogens is 1. The first kappa shape index (κ1) is 30.1. The van der Waals surface area contributed by atoms with Crippen molar-refractivity contribution in [3.05, 3.63) is 59.9 Å². The van der Waals surface area contributed by atoms with Gasteiger partial charge in [-0.3, -0.25) is 0 Å². The van der Waals surface area contributed by atoms with Crippen molar-refractivity contribution in [3.8, 4) is 0 Å². The molecule has 2 nitrogen and oxygen atoms in total. The van der Waals surface area contributed by atoms with Crippen LogP contribution in [0.4, 0.5) is 5.69 Å². The topological polar surface area (TPSA) is 7.12 Å². The standard InChI is InChI=1S/C34H55N2/c1-4-7-10-11-12-13-14-15-16-17-18-27-35-30-25-33(26-31-35)20-19-32-21-23-34(24-22-32)36(28-8-5-2)29-9-6-3/h19-26,30-31H,4-18,27-29H2,1-3H3/q+1. The summed E-state index contributed by atoms with van der Waals surface area (Å²) in [5.41, 5.74) is 3.89. The molecule has 0 bridgehead atoms. The van der Waals surface area contributed by atoms with E-state index in [1.165, 1.54) is 113 Å². The first-order valence-electron chi connectivity index (χ1n) is 15.3. The maximum absolute atomic E-state index is 2.55. The minimum Gasteiger partial charge on any atom is -0.372 e. The van der Waals surface area contributed by atoms with E-state index in [0.717, 1.165) is 19.6 Å². The van der Waals surface area contributed by atoms with Crippen LogP contribution in [0.5, 0.6) is 0 Å². The molecule has 0 fully saturated rings. The molecule has 2 rings (SSSR count). The number of hydrogen-bond donors (Lipinski definition) is 0. The Kier molecular flexibility index (Phi) is 16.8. The zero-order chi connectivity index (χ0) is 25.7. The average molecular weight is 492 g/mol. The maximum Gasteiger partial charge on any atom is 0.169 e. The molecule has 0 radical (unpaired) electrons. The molecular formula is C34H55N2+. The molecule has 200 valence electrons. The van der Waals surface area contributed by atoms with Gasteiger partial charge in [0.25, 0.3) is 0 Å². The van der Waals surface area contributed by atoms with Gasteiger partial charge in [0.05, 0.1) is 0 Å². The lowest BCUT2D eigenvalue weighted by molar-refractivity contribution is -0.697. The van der Waals surface area contributed by atoms with Gasteiger partial charge in [0.2, 0.25) is 0 Å². The van der Waals surface area contributed by atoms with E-state index in [1.54, 1.807) is 0 Å². The lowest BCUT2D eigenvalue weighted by Gasteiger charge is -2.24. The number of anilines is 1. The predicted molar refractivity (Wildman–Crippen MR) is 160 cm³/mol. The molecule has 0 aliphatic carbocycles. The maximum atomic E-state index is 2.55. The number of hydrogen-bond acceptors (Lipinski definition) is 1. The molecule has 0 spiro atoms. The summed E-state index contributed by atoms with van der Waals surface area (Å²) in [5, 5.41) is 0. The van der Waals surface area contributed by atoms with Crippen LogP contribution in [0.2, 0.25) is 0 Å². The fourth-order valence-electron chi connectivity index (χ4n) is 4.74. The van der Waals surface area contributed by atoms with E-state index in [-0.39, 0.29) is 0 Å². The summed E-state index contributed by atoms with van der Waals surface area (Å²) in [7, 11) is 0. The Balaban J connectivity index is 1.67. The van der Waals surface area contributed by atoms with Crippen LogP contribution >= 0.6 is 0 Å². The van der Waals surface area contributed by atoms with Gasteiger partial charge in [-0.05, 0) is 42.5 Å². The van der Waals surface area contributed by atoms with Gasteiger partial charge in [-0.25, -0.2) is 4.57 Å². The number of unbranched alkanes of at least 4 members (excludes halogenated alkanes) is 12. The van der Waals surface area contributed by atoms with E-state index in [1.807, 2.05) is 0 Å². The first-order valence-corrected chi connectivity index (χ1v) is 15.3. The van der Waals surface area contributed by atoms with Gasteiger partial charge >= 0.3 is 0 Å². The zero-order valence-corrected chi connectivity index (χ0v) is 23.9. The second-order valence-corrected chi connectivity index (χ2v) is 10.5. The lowest BCUT2D eigenvalue weighted by Crippen LogP contribution is -2.32. The van der Waals surface area contributed by atoms with Crippen LogP contribution in [0, 0.1) is 0 Å². The summed E-state index contributed by atoms with van der Waals surface area (Å²) in [6, 6.07) is 13.6. The number of benzene rings is 1. The monoisotopic (exact) mass is 491 g/mol. The van der Waals surface area contributed by atoms with Crippen LogP contribution < -0.4 is 9.47 Å². The zero-order valence-electron chi connectivity index (χ0n) is 23.9. The van der Waals surface area contributed by atoms with Gasteiger partial charge in [-0.1, -0.05) is 116 Å². The van der Waals surface area contributed by atoms with E-state index >= 15 is 0 Å². The number of aryl methyl sites for hydroxylation is 1. The molecule has 0 saturated carbocycles. The van der Waals surface area contributed by atoms with Crippen molar-refractivity contribution in [2.75, 3.05) is 18.0 Å². The Labute approximate surface area is 223 Å². The van der Waals surface area contributed by atoms with Crippen LogP contribution in [0.25, 0.3) is 12.2 Å². The highest BCUT2D eigenvalue weighted by atomic mass is 15.1. The van der Waals surface area contributed by atoms with E-state index < -0.39 is 0 Å². The summed E-state index contributed by atoms with van der Waals surface area (Å²) >= 11 is 0. The third-order valence-electron chi connectivity index (χ3n) is 7.23. The van der Waals surface area contributed by atoms with Crippen molar-refractivity contribution in [1.29, 1.82) is 0 Å². The molecule has 0 unspecified atom stereocenters. The molecule has 1 heterocycles. The minimum absolute atomic E-state index is 1.13. The molecule has 0 aliphatic rings. The fourth-order valence-corrected chi connectivity index (χ4v) is 4.74. The second-order valence-electron chi connectivity index (χ2n) is 10.5. The molecule has 1 aromatic heterocycles. The summed E-state index contributed by atoms with van der Waals surface area (Å²) in [6.45, 7) is 10.3. The van der Waals surface area contributed by atoms with Crippen molar-refractivity contribution in [2.45, 2.75) is 124 Å². The van der Waals surface area contributed by atoms with Gasteiger partial charge in [0, 0.05) is 37.3 Å². The van der Waals surface area contributed by atoms with Gasteiger partial charge in [-0.2, -0.15) is 0 Å². The lowest BCUT2D eigenvalue weighted by atomic mass is 10.1. The molecule has 0 saturated heterocycles. The molecule has 0 atom stereocenters. The normalized spacial score (nSPS) is 11.4. The molecule has 0 N–H and O–H groups in total. The summed E-state index contributed by atoms with van der Waals surface area (Å²) in [5.74, 6) is 0. The molecule has 0 aliphatic heterocycles. The third kappa shape index (κ3) is 13.3. The summed E-state index contributed by atoms with van der Waals surface area (Å²) in [4.78, 5) is 2.55. The molecule has 2 aromatic rings. The average Bonchev–Trinajstić information content (AvgIpc) is 2.92. The SMILES string of the molecule is CCCCCCCCCCCCC[n+]1ccc(/C=C/c2ccc(N(CCCC)CCCC)cc2)cc1. The van der Waals surface area contributed by atoms with Crippen LogP contribution in [0.1, 0.15) is 128 Å². The number of pyridine rings is 1. The minimum atomic E-state index is 1.13. The molecule has 2 heteroatoms. The highest BCUT2D eigenvalue weighted by Gasteiger charge is 2.05. The Hall–Kier alpha value is -2.09. The third-order valence-corrected chi connectivity index (χ3v) is 7.23. The number of rotatable bonds is 21. The van der Waals surface area contributed by atoms with Crippen LogP contribution in [-0.4, -0.2) is 13.1 Å². The Morgan fingerprint density at radius 2 is 0.972 bits per heavy atom. The van der Waals surface area contributed by atoms with Crippen molar-refractivity contribution < 1.29 is 4.57 Å². The predicted octanol–water partition coefficient (Wildman–Crippen LogP) is 9.86. The fraction of sp³-hybridized carbons (Fsp3) is 0.618. The van der Waals surface area contributed by atoms with Crippen molar-refractivity contribution in [3.63, 3.8) is 0 Å². The molecule has 36 heavy (non-hydrogen) atoms. The second kappa shape index (κ2) is 20.0. The van der Waals surface area contributed by atoms with Crippen molar-refractivity contribution >= 4 is 17.8 Å². The largest absolute Gasteiger partial charge is 0.372 e. The highest BCUT2D eigenvalue weighted by Crippen LogP contribution is 2.18. The van der Waals surface area contributed by atoms with Crippen LogP contribution in [0.3, 0.4) is 0 Å².